The average molecular weight is 276 g/mol. The van der Waals surface area contributed by atoms with E-state index in [0.29, 0.717) is 5.56 Å². The molecule has 3 nitrogen and oxygen atoms in total. The van der Waals surface area contributed by atoms with Gasteiger partial charge in [0.05, 0.1) is 11.8 Å². The maximum atomic E-state index is 11.6. The Kier molecular flexibility index (Phi) is 8.20. The largest absolute Gasteiger partial charge is 0.508 e. The normalized spacial score (nSPS) is 10.8. The van der Waals surface area contributed by atoms with Gasteiger partial charge in [0.15, 0.2) is 0 Å². The second-order valence-corrected chi connectivity index (χ2v) is 4.88. The van der Waals surface area contributed by atoms with Gasteiger partial charge in [-0.05, 0) is 43.2 Å². The van der Waals surface area contributed by atoms with Crippen LogP contribution in [0.15, 0.2) is 36.6 Å². The molecular weight excluding hydrogens is 252 g/mol. The fraction of sp³-hybridized carbons (Fsp3) is 0.471. The third-order valence-corrected chi connectivity index (χ3v) is 3.10. The van der Waals surface area contributed by atoms with Gasteiger partial charge in [-0.25, -0.2) is 4.79 Å². The summed E-state index contributed by atoms with van der Waals surface area (Å²) >= 11 is 0. The van der Waals surface area contributed by atoms with Gasteiger partial charge in [0.25, 0.3) is 0 Å². The Hall–Kier alpha value is -1.77. The van der Waals surface area contributed by atoms with Crippen LogP contribution in [0, 0.1) is 0 Å². The van der Waals surface area contributed by atoms with Crippen molar-refractivity contribution in [1.29, 1.82) is 0 Å². The minimum atomic E-state index is -0.399. The molecule has 0 atom stereocenters. The highest BCUT2D eigenvalue weighted by Crippen LogP contribution is 2.11. The van der Waals surface area contributed by atoms with E-state index in [2.05, 4.69) is 6.92 Å². The van der Waals surface area contributed by atoms with Crippen LogP contribution >= 0.6 is 0 Å². The SMILES string of the molecule is CCCCCCCC/C=C/OC(=O)c1ccc(O)cc1. The van der Waals surface area contributed by atoms with Gasteiger partial charge in [0.1, 0.15) is 5.75 Å². The second-order valence-electron chi connectivity index (χ2n) is 4.88. The summed E-state index contributed by atoms with van der Waals surface area (Å²) in [4.78, 5) is 11.6. The van der Waals surface area contributed by atoms with Gasteiger partial charge in [0.2, 0.25) is 0 Å². The quantitative estimate of drug-likeness (QED) is 0.400. The first-order valence-corrected chi connectivity index (χ1v) is 7.39. The van der Waals surface area contributed by atoms with Crippen molar-refractivity contribution >= 4 is 5.97 Å². The van der Waals surface area contributed by atoms with Crippen molar-refractivity contribution in [1.82, 2.24) is 0 Å². The van der Waals surface area contributed by atoms with Gasteiger partial charge >= 0.3 is 5.97 Å². The minimum absolute atomic E-state index is 0.139. The van der Waals surface area contributed by atoms with E-state index < -0.39 is 5.97 Å². The first kappa shape index (κ1) is 16.3. The summed E-state index contributed by atoms with van der Waals surface area (Å²) < 4.78 is 5.01. The maximum absolute atomic E-state index is 11.6. The van der Waals surface area contributed by atoms with Crippen molar-refractivity contribution in [2.75, 3.05) is 0 Å². The number of carbonyl (C=O) groups excluding carboxylic acids is 1. The van der Waals surface area contributed by atoms with Gasteiger partial charge in [-0.1, -0.05) is 39.0 Å². The van der Waals surface area contributed by atoms with Crippen molar-refractivity contribution in [3.8, 4) is 5.75 Å². The number of aromatic hydroxyl groups is 1. The third kappa shape index (κ3) is 6.98. The highest BCUT2D eigenvalue weighted by molar-refractivity contribution is 5.89. The molecule has 0 saturated carbocycles. The van der Waals surface area contributed by atoms with E-state index in [1.165, 1.54) is 50.5 Å². The first-order valence-electron chi connectivity index (χ1n) is 7.39. The van der Waals surface area contributed by atoms with Crippen LogP contribution < -0.4 is 0 Å². The fourth-order valence-corrected chi connectivity index (χ4v) is 1.89. The Morgan fingerprint density at radius 2 is 1.75 bits per heavy atom. The van der Waals surface area contributed by atoms with Crippen LogP contribution in [0.25, 0.3) is 0 Å². The summed E-state index contributed by atoms with van der Waals surface area (Å²) in [5, 5.41) is 9.12. The number of hydrogen-bond acceptors (Lipinski definition) is 3. The molecule has 0 spiro atoms. The van der Waals surface area contributed by atoms with E-state index in [1.54, 1.807) is 12.1 Å². The van der Waals surface area contributed by atoms with Crippen LogP contribution in [0.4, 0.5) is 0 Å². The highest BCUT2D eigenvalue weighted by atomic mass is 16.5. The standard InChI is InChI=1S/C17H24O3/c1-2-3-4-5-6-7-8-9-14-20-17(19)15-10-12-16(18)13-11-15/h9-14,18H,2-8H2,1H3/b14-9+. The van der Waals surface area contributed by atoms with Crippen LogP contribution in [0.3, 0.4) is 0 Å². The third-order valence-electron chi connectivity index (χ3n) is 3.10. The molecule has 1 rings (SSSR count). The van der Waals surface area contributed by atoms with Crippen molar-refractivity contribution < 1.29 is 14.6 Å². The molecule has 0 aliphatic rings. The molecule has 0 unspecified atom stereocenters. The Bertz CT molecular complexity index is 407. The lowest BCUT2D eigenvalue weighted by molar-refractivity contribution is 0.0662. The molecule has 0 heterocycles. The number of rotatable bonds is 9. The van der Waals surface area contributed by atoms with Crippen molar-refractivity contribution in [2.24, 2.45) is 0 Å². The van der Waals surface area contributed by atoms with Gasteiger partial charge < -0.3 is 9.84 Å². The predicted molar refractivity (Wildman–Crippen MR) is 80.7 cm³/mol. The molecule has 0 bridgehead atoms. The summed E-state index contributed by atoms with van der Waals surface area (Å²) in [6.07, 6.45) is 11.8. The molecule has 0 aromatic heterocycles. The maximum Gasteiger partial charge on any atom is 0.342 e. The lowest BCUT2D eigenvalue weighted by Crippen LogP contribution is -1.99. The number of unbranched alkanes of at least 4 members (excludes halogenated alkanes) is 6. The van der Waals surface area contributed by atoms with Gasteiger partial charge in [-0.15, -0.1) is 0 Å². The number of phenolic OH excluding ortho intramolecular Hbond substituents is 1. The van der Waals surface area contributed by atoms with E-state index in [-0.39, 0.29) is 5.75 Å². The summed E-state index contributed by atoms with van der Waals surface area (Å²) in [6.45, 7) is 2.21. The number of benzene rings is 1. The van der Waals surface area contributed by atoms with Crippen LogP contribution in [-0.4, -0.2) is 11.1 Å². The van der Waals surface area contributed by atoms with Crippen molar-refractivity contribution in [2.45, 2.75) is 51.9 Å². The van der Waals surface area contributed by atoms with E-state index >= 15 is 0 Å². The molecule has 0 amide bonds. The zero-order valence-electron chi connectivity index (χ0n) is 12.2. The van der Waals surface area contributed by atoms with Gasteiger partial charge in [-0.2, -0.15) is 0 Å². The number of ether oxygens (including phenoxy) is 1. The van der Waals surface area contributed by atoms with E-state index in [9.17, 15) is 4.79 Å². The molecule has 1 aromatic carbocycles. The number of esters is 1. The van der Waals surface area contributed by atoms with Gasteiger partial charge in [0, 0.05) is 0 Å². The Morgan fingerprint density at radius 1 is 1.10 bits per heavy atom. The fourth-order valence-electron chi connectivity index (χ4n) is 1.89. The average Bonchev–Trinajstić information content (AvgIpc) is 2.46. The van der Waals surface area contributed by atoms with Crippen molar-refractivity contribution in [3.05, 3.63) is 42.2 Å². The number of carbonyl (C=O) groups is 1. The van der Waals surface area contributed by atoms with E-state index in [4.69, 9.17) is 9.84 Å². The monoisotopic (exact) mass is 276 g/mol. The summed E-state index contributed by atoms with van der Waals surface area (Å²) in [5.41, 5.74) is 0.437. The summed E-state index contributed by atoms with van der Waals surface area (Å²) in [5.74, 6) is -0.260. The molecule has 1 aromatic rings. The molecular formula is C17H24O3. The minimum Gasteiger partial charge on any atom is -0.508 e. The van der Waals surface area contributed by atoms with Gasteiger partial charge in [-0.3, -0.25) is 0 Å². The second kappa shape index (κ2) is 10.1. The number of phenols is 1. The smallest absolute Gasteiger partial charge is 0.342 e. The first-order chi connectivity index (χ1) is 9.74. The molecule has 0 saturated heterocycles. The molecule has 3 heteroatoms. The van der Waals surface area contributed by atoms with Crippen LogP contribution in [0.5, 0.6) is 5.75 Å². The number of allylic oxidation sites excluding steroid dienone is 1. The Labute approximate surface area is 121 Å². The van der Waals surface area contributed by atoms with Crippen LogP contribution in [-0.2, 0) is 4.74 Å². The van der Waals surface area contributed by atoms with Crippen molar-refractivity contribution in [3.63, 3.8) is 0 Å². The molecule has 0 aliphatic carbocycles. The molecule has 20 heavy (non-hydrogen) atoms. The Morgan fingerprint density at radius 3 is 2.45 bits per heavy atom. The molecule has 0 radical (unpaired) electrons. The molecule has 1 N–H and O–H groups in total. The van der Waals surface area contributed by atoms with Crippen LogP contribution in [0.1, 0.15) is 62.2 Å². The molecule has 0 aliphatic heterocycles. The van der Waals surface area contributed by atoms with E-state index in [1.807, 2.05) is 6.08 Å². The highest BCUT2D eigenvalue weighted by Gasteiger charge is 2.04. The summed E-state index contributed by atoms with van der Waals surface area (Å²) in [7, 11) is 0. The zero-order chi connectivity index (χ0) is 14.6. The molecule has 0 fully saturated rings. The van der Waals surface area contributed by atoms with Crippen LogP contribution in [0.2, 0.25) is 0 Å². The van der Waals surface area contributed by atoms with E-state index in [0.717, 1.165) is 12.8 Å². The number of hydrogen-bond donors (Lipinski definition) is 1. The zero-order valence-corrected chi connectivity index (χ0v) is 12.2. The molecule has 110 valence electrons. The Balaban J connectivity index is 2.11. The summed E-state index contributed by atoms with van der Waals surface area (Å²) in [6, 6.07) is 6.02. The topological polar surface area (TPSA) is 46.5 Å². The lowest BCUT2D eigenvalue weighted by Gasteiger charge is -2.00. The predicted octanol–water partition coefficient (Wildman–Crippen LogP) is 4.81. The lowest BCUT2D eigenvalue weighted by atomic mass is 10.1.